The molecule has 2 aliphatic heterocycles. The van der Waals surface area contributed by atoms with Gasteiger partial charge in [-0.3, -0.25) is 15.0 Å². The molecule has 0 saturated carbocycles. The smallest absolute Gasteiger partial charge is 0.241 e. The first-order valence-electron chi connectivity index (χ1n) is 8.55. The molecule has 1 N–H and O–H groups in total. The van der Waals surface area contributed by atoms with Crippen molar-refractivity contribution in [2.24, 2.45) is 0 Å². The molecule has 0 radical (unpaired) electrons. The van der Waals surface area contributed by atoms with E-state index >= 15 is 0 Å². The summed E-state index contributed by atoms with van der Waals surface area (Å²) in [5, 5.41) is 3.53. The van der Waals surface area contributed by atoms with Crippen molar-refractivity contribution >= 4 is 5.91 Å². The molecule has 5 nitrogen and oxygen atoms in total. The third kappa shape index (κ3) is 4.18. The highest BCUT2D eigenvalue weighted by atomic mass is 16.5. The van der Waals surface area contributed by atoms with Gasteiger partial charge in [0.05, 0.1) is 25.4 Å². The molecule has 0 bridgehead atoms. The monoisotopic (exact) mass is 297 g/mol. The summed E-state index contributed by atoms with van der Waals surface area (Å²) >= 11 is 0. The van der Waals surface area contributed by atoms with Crippen molar-refractivity contribution in [1.29, 1.82) is 0 Å². The number of carbonyl (C=O) groups is 1. The van der Waals surface area contributed by atoms with E-state index in [1.807, 2.05) is 0 Å². The number of amides is 1. The van der Waals surface area contributed by atoms with Crippen LogP contribution in [0.5, 0.6) is 0 Å². The summed E-state index contributed by atoms with van der Waals surface area (Å²) in [7, 11) is 0. The molecule has 2 rings (SSSR count). The minimum atomic E-state index is 0.0297. The van der Waals surface area contributed by atoms with E-state index in [0.29, 0.717) is 5.91 Å². The highest BCUT2D eigenvalue weighted by Crippen LogP contribution is 2.21. The zero-order valence-corrected chi connectivity index (χ0v) is 13.8. The Hall–Kier alpha value is -0.650. The summed E-state index contributed by atoms with van der Waals surface area (Å²) in [4.78, 5) is 17.2. The topological polar surface area (TPSA) is 44.8 Å². The van der Waals surface area contributed by atoms with Crippen LogP contribution in [0.3, 0.4) is 0 Å². The molecule has 2 aliphatic rings. The molecule has 2 fully saturated rings. The Bertz CT molecular complexity index is 331. The maximum absolute atomic E-state index is 12.7. The Morgan fingerprint density at radius 1 is 1.33 bits per heavy atom. The number of nitrogens with one attached hydrogen (secondary N) is 1. The van der Waals surface area contributed by atoms with Crippen molar-refractivity contribution in [3.63, 3.8) is 0 Å². The first-order valence-corrected chi connectivity index (χ1v) is 8.55. The van der Waals surface area contributed by atoms with E-state index < -0.39 is 0 Å². The molecule has 0 aromatic heterocycles. The van der Waals surface area contributed by atoms with Gasteiger partial charge in [-0.2, -0.15) is 0 Å². The molecule has 1 amide bonds. The zero-order chi connectivity index (χ0) is 15.2. The van der Waals surface area contributed by atoms with E-state index in [2.05, 4.69) is 35.9 Å². The van der Waals surface area contributed by atoms with Crippen LogP contribution in [0.15, 0.2) is 0 Å². The van der Waals surface area contributed by atoms with E-state index in [-0.39, 0.29) is 18.2 Å². The molecule has 2 saturated heterocycles. The Labute approximate surface area is 129 Å². The summed E-state index contributed by atoms with van der Waals surface area (Å²) in [5.74, 6) is 0.302. The van der Waals surface area contributed by atoms with Crippen LogP contribution in [0.4, 0.5) is 0 Å². The van der Waals surface area contributed by atoms with Crippen molar-refractivity contribution < 1.29 is 9.53 Å². The van der Waals surface area contributed by atoms with Crippen LogP contribution in [0.2, 0.25) is 0 Å². The molecule has 122 valence electrons. The van der Waals surface area contributed by atoms with Crippen molar-refractivity contribution in [2.45, 2.75) is 64.7 Å². The fraction of sp³-hybridized carbons (Fsp3) is 0.938. The molecule has 3 atom stereocenters. The van der Waals surface area contributed by atoms with Gasteiger partial charge in [0, 0.05) is 25.7 Å². The molecule has 0 aromatic carbocycles. The summed E-state index contributed by atoms with van der Waals surface area (Å²) in [6.45, 7) is 11.1. The molecule has 3 unspecified atom stereocenters. The van der Waals surface area contributed by atoms with Crippen molar-refractivity contribution in [3.05, 3.63) is 0 Å². The lowest BCUT2D eigenvalue weighted by Crippen LogP contribution is -2.50. The van der Waals surface area contributed by atoms with Gasteiger partial charge in [0.25, 0.3) is 0 Å². The predicted octanol–water partition coefficient (Wildman–Crippen LogP) is 1.43. The average Bonchev–Trinajstić information content (AvgIpc) is 2.82. The third-order valence-corrected chi connectivity index (χ3v) is 4.62. The van der Waals surface area contributed by atoms with Gasteiger partial charge in [-0.05, 0) is 19.8 Å². The number of hydrogen-bond acceptors (Lipinski definition) is 4. The van der Waals surface area contributed by atoms with E-state index in [1.165, 1.54) is 0 Å². The number of nitrogens with zero attached hydrogens (tertiary/aromatic N) is 2. The summed E-state index contributed by atoms with van der Waals surface area (Å²) in [6.07, 6.45) is 4.40. The van der Waals surface area contributed by atoms with Gasteiger partial charge >= 0.3 is 0 Å². The van der Waals surface area contributed by atoms with Gasteiger partial charge in [-0.25, -0.2) is 0 Å². The van der Waals surface area contributed by atoms with Gasteiger partial charge in [0.1, 0.15) is 0 Å². The fourth-order valence-electron chi connectivity index (χ4n) is 3.42. The number of rotatable bonds is 7. The second-order valence-electron chi connectivity index (χ2n) is 6.29. The van der Waals surface area contributed by atoms with Crippen LogP contribution in [-0.4, -0.2) is 66.8 Å². The van der Waals surface area contributed by atoms with Crippen LogP contribution in [0.25, 0.3) is 0 Å². The standard InChI is InChI=1S/C16H31N3O2/c1-4-6-7-14-16(20)19(15(5-2)17-14)13(3)12-18-8-10-21-11-9-18/h13-15,17H,4-12H2,1-3H3. The second kappa shape index (κ2) is 8.11. The Kier molecular flexibility index (Phi) is 6.45. The van der Waals surface area contributed by atoms with Gasteiger partial charge < -0.3 is 9.64 Å². The van der Waals surface area contributed by atoms with E-state index in [0.717, 1.165) is 58.5 Å². The first-order chi connectivity index (χ1) is 10.2. The molecule has 5 heteroatoms. The zero-order valence-electron chi connectivity index (χ0n) is 13.8. The lowest BCUT2D eigenvalue weighted by atomic mass is 10.1. The van der Waals surface area contributed by atoms with Crippen LogP contribution < -0.4 is 5.32 Å². The third-order valence-electron chi connectivity index (χ3n) is 4.62. The lowest BCUT2D eigenvalue weighted by Gasteiger charge is -2.35. The molecule has 0 spiro atoms. The fourth-order valence-corrected chi connectivity index (χ4v) is 3.42. The summed E-state index contributed by atoms with van der Waals surface area (Å²) in [5.41, 5.74) is 0. The lowest BCUT2D eigenvalue weighted by molar-refractivity contribution is -0.132. The second-order valence-corrected chi connectivity index (χ2v) is 6.29. The molecule has 21 heavy (non-hydrogen) atoms. The van der Waals surface area contributed by atoms with Crippen LogP contribution in [0, 0.1) is 0 Å². The number of ether oxygens (including phenoxy) is 1. The molecular weight excluding hydrogens is 266 g/mol. The molecular formula is C16H31N3O2. The SMILES string of the molecule is CCCCC1NC(CC)N(C(C)CN2CCOCC2)C1=O. The van der Waals surface area contributed by atoms with Gasteiger partial charge in [-0.15, -0.1) is 0 Å². The van der Waals surface area contributed by atoms with Gasteiger partial charge in [0.15, 0.2) is 0 Å². The highest BCUT2D eigenvalue weighted by Gasteiger charge is 2.40. The molecule has 0 aromatic rings. The van der Waals surface area contributed by atoms with Crippen LogP contribution in [-0.2, 0) is 9.53 Å². The van der Waals surface area contributed by atoms with Crippen molar-refractivity contribution in [1.82, 2.24) is 15.1 Å². The molecule has 0 aliphatic carbocycles. The van der Waals surface area contributed by atoms with E-state index in [4.69, 9.17) is 4.74 Å². The minimum absolute atomic E-state index is 0.0297. The van der Waals surface area contributed by atoms with Crippen LogP contribution >= 0.6 is 0 Å². The molecule has 2 heterocycles. The Morgan fingerprint density at radius 2 is 2.05 bits per heavy atom. The average molecular weight is 297 g/mol. The largest absolute Gasteiger partial charge is 0.379 e. The number of unbranched alkanes of at least 4 members (excludes halogenated alkanes) is 1. The van der Waals surface area contributed by atoms with E-state index in [9.17, 15) is 4.79 Å². The summed E-state index contributed by atoms with van der Waals surface area (Å²) < 4.78 is 5.40. The van der Waals surface area contributed by atoms with Crippen molar-refractivity contribution in [2.75, 3.05) is 32.8 Å². The highest BCUT2D eigenvalue weighted by molar-refractivity contribution is 5.84. The first kappa shape index (κ1) is 16.7. The minimum Gasteiger partial charge on any atom is -0.379 e. The quantitative estimate of drug-likeness (QED) is 0.772. The van der Waals surface area contributed by atoms with Gasteiger partial charge in [-0.1, -0.05) is 26.7 Å². The number of morpholine rings is 1. The van der Waals surface area contributed by atoms with Crippen LogP contribution in [0.1, 0.15) is 46.5 Å². The Morgan fingerprint density at radius 3 is 2.67 bits per heavy atom. The number of carbonyl (C=O) groups excluding carboxylic acids is 1. The van der Waals surface area contributed by atoms with E-state index in [1.54, 1.807) is 0 Å². The maximum atomic E-state index is 12.7. The number of hydrogen-bond donors (Lipinski definition) is 1. The maximum Gasteiger partial charge on any atom is 0.241 e. The predicted molar refractivity (Wildman–Crippen MR) is 84.1 cm³/mol. The van der Waals surface area contributed by atoms with Gasteiger partial charge in [0.2, 0.25) is 5.91 Å². The van der Waals surface area contributed by atoms with Crippen molar-refractivity contribution in [3.8, 4) is 0 Å². The Balaban J connectivity index is 1.93. The normalized spacial score (nSPS) is 29.1. The summed E-state index contributed by atoms with van der Waals surface area (Å²) in [6, 6.07) is 0.293.